The lowest BCUT2D eigenvalue weighted by Gasteiger charge is -2.38. The first-order valence-corrected chi connectivity index (χ1v) is 12.8. The van der Waals surface area contributed by atoms with Gasteiger partial charge in [-0.15, -0.1) is 0 Å². The molecular formula is C26H30N6OS. The molecule has 8 heteroatoms. The number of pyridine rings is 1. The lowest BCUT2D eigenvalue weighted by atomic mass is 10.0. The summed E-state index contributed by atoms with van der Waals surface area (Å²) < 4.78 is 0. The van der Waals surface area contributed by atoms with E-state index in [1.54, 1.807) is 0 Å². The Hall–Kier alpha value is -3.07. The number of likely N-dealkylation sites (tertiary alicyclic amines) is 1. The van der Waals surface area contributed by atoms with E-state index < -0.39 is 11.2 Å². The summed E-state index contributed by atoms with van der Waals surface area (Å²) in [7, 11) is 0. The molecular weight excluding hydrogens is 444 g/mol. The van der Waals surface area contributed by atoms with Gasteiger partial charge >= 0.3 is 0 Å². The summed E-state index contributed by atoms with van der Waals surface area (Å²) >= 11 is 1.20. The normalized spacial score (nSPS) is 17.8. The number of hydrogen-bond acceptors (Lipinski definition) is 6. The summed E-state index contributed by atoms with van der Waals surface area (Å²) in [6, 6.07) is 12.2. The molecule has 0 aliphatic carbocycles. The number of hydrogen-bond donors (Lipinski definition) is 1. The molecule has 2 saturated heterocycles. The van der Waals surface area contributed by atoms with E-state index in [0.717, 1.165) is 31.5 Å². The van der Waals surface area contributed by atoms with Crippen LogP contribution in [0.5, 0.6) is 0 Å². The predicted molar refractivity (Wildman–Crippen MR) is 135 cm³/mol. The van der Waals surface area contributed by atoms with Crippen molar-refractivity contribution in [2.24, 2.45) is 5.73 Å². The Morgan fingerprint density at radius 1 is 1.26 bits per heavy atom. The number of carbonyl (C=O) groups excluding carboxylic acids is 1. The first kappa shape index (κ1) is 24.1. The number of nitrogens with zero attached hydrogens (tertiary/aromatic N) is 5. The average molecular weight is 475 g/mol. The highest BCUT2D eigenvalue weighted by Gasteiger charge is 2.31. The summed E-state index contributed by atoms with van der Waals surface area (Å²) in [5.41, 5.74) is 8.05. The number of aromatic nitrogens is 1. The third-order valence-corrected chi connectivity index (χ3v) is 8.07. The maximum atomic E-state index is 12.4. The van der Waals surface area contributed by atoms with Crippen LogP contribution in [-0.4, -0.2) is 48.0 Å². The van der Waals surface area contributed by atoms with Crippen LogP contribution in [0.25, 0.3) is 4.85 Å². The fourth-order valence-electron chi connectivity index (χ4n) is 5.05. The molecule has 2 aliphatic heterocycles. The first-order chi connectivity index (χ1) is 16.6. The highest BCUT2D eigenvalue weighted by atomic mass is 32.2. The molecule has 2 aromatic rings. The molecule has 4 rings (SSSR count). The van der Waals surface area contributed by atoms with E-state index >= 15 is 0 Å². The molecule has 0 bridgehead atoms. The summed E-state index contributed by atoms with van der Waals surface area (Å²) in [4.78, 5) is 25.8. The fourth-order valence-corrected chi connectivity index (χ4v) is 6.11. The Morgan fingerprint density at radius 3 is 2.50 bits per heavy atom. The van der Waals surface area contributed by atoms with Gasteiger partial charge in [-0.3, -0.25) is 4.79 Å². The number of nitriles is 1. The van der Waals surface area contributed by atoms with Gasteiger partial charge in [0.2, 0.25) is 11.6 Å². The van der Waals surface area contributed by atoms with Gasteiger partial charge in [0.05, 0.1) is 12.1 Å². The van der Waals surface area contributed by atoms with Gasteiger partial charge in [-0.1, -0.05) is 49.0 Å². The Balaban J connectivity index is 1.69. The maximum absolute atomic E-state index is 12.4. The van der Waals surface area contributed by atoms with Crippen LogP contribution in [0, 0.1) is 17.9 Å². The van der Waals surface area contributed by atoms with E-state index in [1.807, 2.05) is 37.3 Å². The summed E-state index contributed by atoms with van der Waals surface area (Å²) in [6.45, 7) is 13.8. The smallest absolute Gasteiger partial charge is 0.235 e. The second-order valence-corrected chi connectivity index (χ2v) is 9.89. The predicted octanol–water partition coefficient (Wildman–Crippen LogP) is 4.45. The first-order valence-electron chi connectivity index (χ1n) is 11.9. The molecule has 3 heterocycles. The number of anilines is 1. The zero-order valence-corrected chi connectivity index (χ0v) is 20.4. The lowest BCUT2D eigenvalue weighted by Crippen LogP contribution is -2.44. The average Bonchev–Trinajstić information content (AvgIpc) is 3.41. The Kier molecular flexibility index (Phi) is 7.72. The molecule has 1 aromatic heterocycles. The molecule has 34 heavy (non-hydrogen) atoms. The minimum atomic E-state index is -0.668. The minimum Gasteiger partial charge on any atom is -0.368 e. The SMILES string of the molecule is [C-]#[N+]c1c(N2CCC(N3CCCC3)CC2)nc(S[C@@H](C(N)=O)c2ccccc2)c(C#N)c1CC. The highest BCUT2D eigenvalue weighted by molar-refractivity contribution is 8.00. The number of rotatable bonds is 7. The van der Waals surface area contributed by atoms with Crippen molar-refractivity contribution < 1.29 is 4.79 Å². The lowest BCUT2D eigenvalue weighted by molar-refractivity contribution is -0.117. The van der Waals surface area contributed by atoms with Crippen molar-refractivity contribution in [2.75, 3.05) is 31.1 Å². The fraction of sp³-hybridized carbons (Fsp3) is 0.462. The molecule has 2 aliphatic rings. The second-order valence-electron chi connectivity index (χ2n) is 8.79. The van der Waals surface area contributed by atoms with Gasteiger partial charge in [-0.2, -0.15) is 5.26 Å². The number of benzene rings is 1. The number of nitrogens with two attached hydrogens (primary N) is 1. The summed E-state index contributed by atoms with van der Waals surface area (Å²) in [5, 5.41) is 9.79. The van der Waals surface area contributed by atoms with Crippen LogP contribution in [0.4, 0.5) is 11.5 Å². The van der Waals surface area contributed by atoms with Gasteiger partial charge in [0.15, 0.2) is 0 Å². The van der Waals surface area contributed by atoms with Crippen molar-refractivity contribution >= 4 is 29.2 Å². The van der Waals surface area contributed by atoms with E-state index in [4.69, 9.17) is 17.3 Å². The molecule has 2 fully saturated rings. The molecule has 1 amide bonds. The number of primary amides is 1. The summed E-state index contributed by atoms with van der Waals surface area (Å²) in [6.07, 6.45) is 5.18. The third kappa shape index (κ3) is 4.89. The zero-order valence-electron chi connectivity index (χ0n) is 19.5. The van der Waals surface area contributed by atoms with E-state index in [9.17, 15) is 10.1 Å². The van der Waals surface area contributed by atoms with Gasteiger partial charge in [0.25, 0.3) is 0 Å². The molecule has 0 saturated carbocycles. The van der Waals surface area contributed by atoms with Crippen LogP contribution < -0.4 is 10.6 Å². The van der Waals surface area contributed by atoms with Crippen LogP contribution >= 0.6 is 11.8 Å². The maximum Gasteiger partial charge on any atom is 0.235 e. The molecule has 0 radical (unpaired) electrons. The van der Waals surface area contributed by atoms with Gasteiger partial charge < -0.3 is 15.5 Å². The van der Waals surface area contributed by atoms with Crippen molar-refractivity contribution in [3.05, 3.63) is 58.4 Å². The monoisotopic (exact) mass is 474 g/mol. The molecule has 1 atom stereocenters. The largest absolute Gasteiger partial charge is 0.368 e. The van der Waals surface area contributed by atoms with E-state index in [0.29, 0.717) is 40.1 Å². The summed E-state index contributed by atoms with van der Waals surface area (Å²) in [5.74, 6) is 0.145. The van der Waals surface area contributed by atoms with Crippen LogP contribution in [0.2, 0.25) is 0 Å². The van der Waals surface area contributed by atoms with Crippen LogP contribution in [0.1, 0.15) is 54.5 Å². The van der Waals surface area contributed by atoms with Crippen molar-refractivity contribution in [3.8, 4) is 6.07 Å². The van der Waals surface area contributed by atoms with Gasteiger partial charge in [-0.05, 0) is 56.3 Å². The third-order valence-electron chi connectivity index (χ3n) is 6.81. The van der Waals surface area contributed by atoms with E-state index in [-0.39, 0.29) is 0 Å². The minimum absolute atomic E-state index is 0.372. The van der Waals surface area contributed by atoms with Crippen LogP contribution in [-0.2, 0) is 11.2 Å². The van der Waals surface area contributed by atoms with E-state index in [2.05, 4.69) is 20.7 Å². The molecule has 1 aromatic carbocycles. The van der Waals surface area contributed by atoms with Crippen LogP contribution in [0.3, 0.4) is 0 Å². The van der Waals surface area contributed by atoms with Gasteiger partial charge in [0.1, 0.15) is 22.2 Å². The Bertz CT molecular complexity index is 1110. The molecule has 2 N–H and O–H groups in total. The molecule has 176 valence electrons. The standard InChI is InChI=1S/C26H30N6OS/c1-3-20-21(17-27)26(34-23(24(28)33)18-9-5-4-6-10-18)30-25(22(20)29-2)32-15-11-19(12-16-32)31-13-7-8-14-31/h4-6,9-10,19,23H,3,7-8,11-16H2,1H3,(H2,28,33)/t23-/m1/s1. The van der Waals surface area contributed by atoms with Crippen molar-refractivity contribution in [1.82, 2.24) is 9.88 Å². The van der Waals surface area contributed by atoms with Gasteiger partial charge in [-0.25, -0.2) is 9.83 Å². The number of amides is 1. The van der Waals surface area contributed by atoms with Crippen LogP contribution in [0.15, 0.2) is 35.4 Å². The molecule has 0 spiro atoms. The highest BCUT2D eigenvalue weighted by Crippen LogP contribution is 2.43. The van der Waals surface area contributed by atoms with Crippen molar-refractivity contribution in [1.29, 1.82) is 5.26 Å². The zero-order chi connectivity index (χ0) is 24.1. The molecule has 7 nitrogen and oxygen atoms in total. The number of thioether (sulfide) groups is 1. The quantitative estimate of drug-likeness (QED) is 0.471. The van der Waals surface area contributed by atoms with Gasteiger partial charge in [0, 0.05) is 19.1 Å². The molecule has 0 unspecified atom stereocenters. The number of carbonyl (C=O) groups is 1. The van der Waals surface area contributed by atoms with E-state index in [1.165, 1.54) is 37.7 Å². The Labute approximate surface area is 205 Å². The van der Waals surface area contributed by atoms with Crippen molar-refractivity contribution in [2.45, 2.75) is 55.3 Å². The number of piperidine rings is 1. The topological polar surface area (TPSA) is 90.6 Å². The second kappa shape index (κ2) is 10.9. The Morgan fingerprint density at radius 2 is 1.94 bits per heavy atom. The van der Waals surface area contributed by atoms with Crippen molar-refractivity contribution in [3.63, 3.8) is 0 Å².